The van der Waals surface area contributed by atoms with Gasteiger partial charge in [-0.15, -0.1) is 0 Å². The van der Waals surface area contributed by atoms with Gasteiger partial charge in [0.2, 0.25) is 0 Å². The van der Waals surface area contributed by atoms with Crippen molar-refractivity contribution in [2.75, 3.05) is 21.3 Å². The van der Waals surface area contributed by atoms with Crippen molar-refractivity contribution in [2.45, 2.75) is 0 Å². The third-order valence-electron chi connectivity index (χ3n) is 3.10. The number of amides is 1. The van der Waals surface area contributed by atoms with Gasteiger partial charge >= 0.3 is 0 Å². The van der Waals surface area contributed by atoms with Crippen LogP contribution >= 0.6 is 0 Å². The molecular formula is C16H17NO3. The molecule has 0 bridgehead atoms. The first-order valence-corrected chi connectivity index (χ1v) is 6.24. The van der Waals surface area contributed by atoms with Crippen molar-refractivity contribution in [3.63, 3.8) is 0 Å². The second-order valence-electron chi connectivity index (χ2n) is 4.22. The lowest BCUT2D eigenvalue weighted by atomic mass is 9.98. The van der Waals surface area contributed by atoms with Gasteiger partial charge in [-0.3, -0.25) is 4.79 Å². The standard InChI is InChI=1S/C16H17NO3/c1-17-16(18)15-10-13(20-3)8-9-14(15)11-4-6-12(19-2)7-5-11/h4-10H,1-3H3,(H,17,18). The molecule has 2 aromatic carbocycles. The monoisotopic (exact) mass is 271 g/mol. The van der Waals surface area contributed by atoms with Crippen LogP contribution in [0.25, 0.3) is 11.1 Å². The lowest BCUT2D eigenvalue weighted by Gasteiger charge is -2.11. The van der Waals surface area contributed by atoms with Crippen LogP contribution in [-0.4, -0.2) is 27.2 Å². The van der Waals surface area contributed by atoms with Gasteiger partial charge in [0, 0.05) is 7.05 Å². The Hall–Kier alpha value is -2.49. The number of methoxy groups -OCH3 is 2. The second-order valence-corrected chi connectivity index (χ2v) is 4.22. The molecular weight excluding hydrogens is 254 g/mol. The number of benzene rings is 2. The van der Waals surface area contributed by atoms with Gasteiger partial charge in [0.25, 0.3) is 5.91 Å². The Morgan fingerprint density at radius 3 is 2.10 bits per heavy atom. The number of rotatable bonds is 4. The van der Waals surface area contributed by atoms with Gasteiger partial charge in [-0.25, -0.2) is 0 Å². The van der Waals surface area contributed by atoms with Crippen molar-refractivity contribution in [1.29, 1.82) is 0 Å². The molecule has 1 N–H and O–H groups in total. The topological polar surface area (TPSA) is 47.6 Å². The molecule has 4 nitrogen and oxygen atoms in total. The van der Waals surface area contributed by atoms with E-state index < -0.39 is 0 Å². The van der Waals surface area contributed by atoms with E-state index in [-0.39, 0.29) is 5.91 Å². The van der Waals surface area contributed by atoms with E-state index in [2.05, 4.69) is 5.32 Å². The van der Waals surface area contributed by atoms with Crippen molar-refractivity contribution in [2.24, 2.45) is 0 Å². The SMILES string of the molecule is CNC(=O)c1cc(OC)ccc1-c1ccc(OC)cc1. The summed E-state index contributed by atoms with van der Waals surface area (Å²) in [7, 11) is 4.81. The van der Waals surface area contributed by atoms with Gasteiger partial charge in [0.15, 0.2) is 0 Å². The third-order valence-corrected chi connectivity index (χ3v) is 3.10. The minimum atomic E-state index is -0.144. The number of hydrogen-bond donors (Lipinski definition) is 1. The normalized spacial score (nSPS) is 9.95. The Bertz CT molecular complexity index is 606. The van der Waals surface area contributed by atoms with Crippen LogP contribution < -0.4 is 14.8 Å². The fraction of sp³-hybridized carbons (Fsp3) is 0.188. The summed E-state index contributed by atoms with van der Waals surface area (Å²) >= 11 is 0. The average molecular weight is 271 g/mol. The molecule has 0 aliphatic carbocycles. The Morgan fingerprint density at radius 2 is 1.55 bits per heavy atom. The molecule has 0 saturated carbocycles. The number of nitrogens with one attached hydrogen (secondary N) is 1. The summed E-state index contributed by atoms with van der Waals surface area (Å²) in [4.78, 5) is 12.0. The van der Waals surface area contributed by atoms with Crippen LogP contribution in [0.15, 0.2) is 42.5 Å². The number of carbonyl (C=O) groups is 1. The van der Waals surface area contributed by atoms with Crippen LogP contribution in [0.4, 0.5) is 0 Å². The molecule has 0 aliphatic heterocycles. The fourth-order valence-corrected chi connectivity index (χ4v) is 2.00. The highest BCUT2D eigenvalue weighted by molar-refractivity contribution is 6.01. The summed E-state index contributed by atoms with van der Waals surface area (Å²) in [6, 6.07) is 13.0. The molecule has 0 aliphatic rings. The minimum absolute atomic E-state index is 0.144. The van der Waals surface area contributed by atoms with E-state index in [1.807, 2.05) is 36.4 Å². The van der Waals surface area contributed by atoms with Gasteiger partial charge < -0.3 is 14.8 Å². The Morgan fingerprint density at radius 1 is 0.950 bits per heavy atom. The molecule has 0 unspecified atom stereocenters. The summed E-state index contributed by atoms with van der Waals surface area (Å²) in [5, 5.41) is 2.65. The first kappa shape index (κ1) is 13.9. The molecule has 4 heteroatoms. The van der Waals surface area contributed by atoms with Gasteiger partial charge in [-0.05, 0) is 41.5 Å². The van der Waals surface area contributed by atoms with Gasteiger partial charge in [-0.1, -0.05) is 12.1 Å². The molecule has 0 saturated heterocycles. The molecule has 0 radical (unpaired) electrons. The lowest BCUT2D eigenvalue weighted by molar-refractivity contribution is 0.0963. The van der Waals surface area contributed by atoms with E-state index in [0.717, 1.165) is 16.9 Å². The molecule has 2 aromatic rings. The van der Waals surface area contributed by atoms with E-state index in [1.165, 1.54) is 0 Å². The van der Waals surface area contributed by atoms with Crippen molar-refractivity contribution in [1.82, 2.24) is 5.32 Å². The van der Waals surface area contributed by atoms with Crippen molar-refractivity contribution in [3.8, 4) is 22.6 Å². The quantitative estimate of drug-likeness (QED) is 0.930. The summed E-state index contributed by atoms with van der Waals surface area (Å²) in [6.45, 7) is 0. The molecule has 2 rings (SSSR count). The molecule has 0 fully saturated rings. The number of carbonyl (C=O) groups excluding carboxylic acids is 1. The maximum absolute atomic E-state index is 12.0. The maximum atomic E-state index is 12.0. The predicted octanol–water partition coefficient (Wildman–Crippen LogP) is 2.73. The van der Waals surface area contributed by atoms with E-state index in [4.69, 9.17) is 9.47 Å². The molecule has 0 heterocycles. The minimum Gasteiger partial charge on any atom is -0.497 e. The van der Waals surface area contributed by atoms with Crippen LogP contribution in [0.5, 0.6) is 11.5 Å². The largest absolute Gasteiger partial charge is 0.497 e. The maximum Gasteiger partial charge on any atom is 0.251 e. The third kappa shape index (κ3) is 2.74. The molecule has 20 heavy (non-hydrogen) atoms. The van der Waals surface area contributed by atoms with Crippen LogP contribution in [0, 0.1) is 0 Å². The number of hydrogen-bond acceptors (Lipinski definition) is 3. The lowest BCUT2D eigenvalue weighted by Crippen LogP contribution is -2.18. The predicted molar refractivity (Wildman–Crippen MR) is 78.4 cm³/mol. The van der Waals surface area contributed by atoms with E-state index in [9.17, 15) is 4.79 Å². The zero-order chi connectivity index (χ0) is 14.5. The average Bonchev–Trinajstić information content (AvgIpc) is 2.53. The van der Waals surface area contributed by atoms with Crippen molar-refractivity contribution in [3.05, 3.63) is 48.0 Å². The highest BCUT2D eigenvalue weighted by atomic mass is 16.5. The van der Waals surface area contributed by atoms with Gasteiger partial charge in [0.1, 0.15) is 11.5 Å². The molecule has 104 valence electrons. The van der Waals surface area contributed by atoms with E-state index >= 15 is 0 Å². The first-order valence-electron chi connectivity index (χ1n) is 6.24. The molecule has 0 spiro atoms. The van der Waals surface area contributed by atoms with E-state index in [1.54, 1.807) is 27.3 Å². The Labute approximate surface area is 118 Å². The van der Waals surface area contributed by atoms with Gasteiger partial charge in [0.05, 0.1) is 19.8 Å². The van der Waals surface area contributed by atoms with E-state index in [0.29, 0.717) is 11.3 Å². The smallest absolute Gasteiger partial charge is 0.251 e. The summed E-state index contributed by atoms with van der Waals surface area (Å²) in [5.41, 5.74) is 2.39. The van der Waals surface area contributed by atoms with Crippen LogP contribution in [0.3, 0.4) is 0 Å². The Kier molecular flexibility index (Phi) is 4.25. The Balaban J connectivity index is 2.51. The number of ether oxygens (including phenoxy) is 2. The summed E-state index contributed by atoms with van der Waals surface area (Å²) in [5.74, 6) is 1.29. The summed E-state index contributed by atoms with van der Waals surface area (Å²) < 4.78 is 10.3. The molecule has 0 atom stereocenters. The summed E-state index contributed by atoms with van der Waals surface area (Å²) in [6.07, 6.45) is 0. The van der Waals surface area contributed by atoms with Crippen molar-refractivity contribution >= 4 is 5.91 Å². The molecule has 1 amide bonds. The van der Waals surface area contributed by atoms with Gasteiger partial charge in [-0.2, -0.15) is 0 Å². The highest BCUT2D eigenvalue weighted by Gasteiger charge is 2.13. The fourth-order valence-electron chi connectivity index (χ4n) is 2.00. The van der Waals surface area contributed by atoms with Crippen molar-refractivity contribution < 1.29 is 14.3 Å². The second kappa shape index (κ2) is 6.10. The van der Waals surface area contributed by atoms with Crippen LogP contribution in [0.1, 0.15) is 10.4 Å². The molecule has 0 aromatic heterocycles. The zero-order valence-corrected chi connectivity index (χ0v) is 11.8. The highest BCUT2D eigenvalue weighted by Crippen LogP contribution is 2.28. The van der Waals surface area contributed by atoms with Crippen LogP contribution in [0.2, 0.25) is 0 Å². The first-order chi connectivity index (χ1) is 9.69. The zero-order valence-electron chi connectivity index (χ0n) is 11.8. The van der Waals surface area contributed by atoms with Crippen LogP contribution in [-0.2, 0) is 0 Å².